The SMILES string of the molecule is CC(C)(C)c1nc(CN2C[C@@H](C(F)(F)F)[C@H](C(=O)O)C2)cs1. The predicted molar refractivity (Wildman–Crippen MR) is 76.8 cm³/mol. The number of aromatic nitrogens is 1. The first kappa shape index (κ1) is 17.2. The average Bonchev–Trinajstić information content (AvgIpc) is 2.94. The van der Waals surface area contributed by atoms with Gasteiger partial charge < -0.3 is 5.11 Å². The van der Waals surface area contributed by atoms with Crippen LogP contribution in [0, 0.1) is 11.8 Å². The lowest BCUT2D eigenvalue weighted by atomic mass is 9.96. The van der Waals surface area contributed by atoms with Crippen molar-refractivity contribution in [3.8, 4) is 0 Å². The number of alkyl halides is 3. The van der Waals surface area contributed by atoms with Gasteiger partial charge in [0.2, 0.25) is 0 Å². The molecule has 2 rings (SSSR count). The molecule has 8 heteroatoms. The number of carboxylic acid groups (broad SMARTS) is 1. The highest BCUT2D eigenvalue weighted by Gasteiger charge is 2.52. The lowest BCUT2D eigenvalue weighted by Gasteiger charge is -2.18. The molecule has 0 saturated carbocycles. The highest BCUT2D eigenvalue weighted by atomic mass is 32.1. The van der Waals surface area contributed by atoms with Gasteiger partial charge in [-0.05, 0) is 0 Å². The first-order valence-corrected chi connectivity index (χ1v) is 7.83. The van der Waals surface area contributed by atoms with E-state index in [0.29, 0.717) is 5.69 Å². The fraction of sp³-hybridized carbons (Fsp3) is 0.714. The van der Waals surface area contributed by atoms with Gasteiger partial charge in [0.25, 0.3) is 0 Å². The lowest BCUT2D eigenvalue weighted by molar-refractivity contribution is -0.188. The summed E-state index contributed by atoms with van der Waals surface area (Å²) in [6.45, 7) is 5.93. The number of carboxylic acids is 1. The summed E-state index contributed by atoms with van der Waals surface area (Å²) in [5.41, 5.74) is 0.591. The second-order valence-electron chi connectivity index (χ2n) is 6.68. The molecule has 2 heterocycles. The summed E-state index contributed by atoms with van der Waals surface area (Å²) in [4.78, 5) is 17.0. The topological polar surface area (TPSA) is 53.4 Å². The van der Waals surface area contributed by atoms with Crippen molar-refractivity contribution < 1.29 is 23.1 Å². The van der Waals surface area contributed by atoms with Crippen molar-refractivity contribution in [3.05, 3.63) is 16.1 Å². The molecule has 124 valence electrons. The molecular weight excluding hydrogens is 317 g/mol. The lowest BCUT2D eigenvalue weighted by Crippen LogP contribution is -2.33. The molecule has 0 amide bonds. The Morgan fingerprint density at radius 3 is 2.45 bits per heavy atom. The molecule has 1 aromatic heterocycles. The molecule has 0 bridgehead atoms. The van der Waals surface area contributed by atoms with Crippen LogP contribution in [0.15, 0.2) is 5.38 Å². The Morgan fingerprint density at radius 1 is 1.41 bits per heavy atom. The van der Waals surface area contributed by atoms with E-state index in [9.17, 15) is 18.0 Å². The van der Waals surface area contributed by atoms with Gasteiger partial charge in [0, 0.05) is 30.4 Å². The molecule has 2 atom stereocenters. The summed E-state index contributed by atoms with van der Waals surface area (Å²) in [5, 5.41) is 11.8. The maximum absolute atomic E-state index is 12.9. The predicted octanol–water partition coefficient (Wildman–Crippen LogP) is 3.14. The number of aliphatic carboxylic acids is 1. The average molecular weight is 336 g/mol. The monoisotopic (exact) mass is 336 g/mol. The third kappa shape index (κ3) is 3.78. The molecule has 0 aliphatic carbocycles. The molecule has 1 saturated heterocycles. The van der Waals surface area contributed by atoms with E-state index in [4.69, 9.17) is 5.11 Å². The van der Waals surface area contributed by atoms with Crippen LogP contribution >= 0.6 is 11.3 Å². The minimum Gasteiger partial charge on any atom is -0.481 e. The van der Waals surface area contributed by atoms with E-state index < -0.39 is 24.0 Å². The van der Waals surface area contributed by atoms with E-state index in [1.165, 1.54) is 16.2 Å². The zero-order chi connectivity index (χ0) is 16.7. The van der Waals surface area contributed by atoms with Crippen molar-refractivity contribution in [1.82, 2.24) is 9.88 Å². The standard InChI is InChI=1S/C14H19F3N2O2S/c1-13(2,3)12-18-8(7-22-12)4-19-5-9(11(20)21)10(6-19)14(15,16)17/h7,9-10H,4-6H2,1-3H3,(H,20,21)/t9-,10-/m1/s1. The normalized spacial score (nSPS) is 23.9. The van der Waals surface area contributed by atoms with Crippen LogP contribution in [0.4, 0.5) is 13.2 Å². The Kier molecular flexibility index (Phi) is 4.54. The molecule has 0 spiro atoms. The van der Waals surface area contributed by atoms with Gasteiger partial charge in [-0.15, -0.1) is 11.3 Å². The molecule has 1 aromatic rings. The first-order chi connectivity index (χ1) is 9.98. The number of carbonyl (C=O) groups is 1. The van der Waals surface area contributed by atoms with Crippen LogP contribution in [-0.2, 0) is 16.8 Å². The van der Waals surface area contributed by atoms with Gasteiger partial charge in [0.1, 0.15) is 0 Å². The Bertz CT molecular complexity index is 551. The molecule has 1 N–H and O–H groups in total. The molecular formula is C14H19F3N2O2S. The fourth-order valence-corrected chi connectivity index (χ4v) is 3.45. The van der Waals surface area contributed by atoms with Gasteiger partial charge in [-0.3, -0.25) is 9.69 Å². The summed E-state index contributed by atoms with van der Waals surface area (Å²) >= 11 is 1.48. The second-order valence-corrected chi connectivity index (χ2v) is 7.54. The molecule has 1 aliphatic rings. The van der Waals surface area contributed by atoms with Gasteiger partial charge in [-0.25, -0.2) is 4.98 Å². The Balaban J connectivity index is 2.08. The highest BCUT2D eigenvalue weighted by Crippen LogP contribution is 2.38. The largest absolute Gasteiger partial charge is 0.481 e. The van der Waals surface area contributed by atoms with Crippen LogP contribution in [0.5, 0.6) is 0 Å². The van der Waals surface area contributed by atoms with E-state index in [1.54, 1.807) is 0 Å². The second kappa shape index (κ2) is 5.81. The molecule has 0 unspecified atom stereocenters. The van der Waals surface area contributed by atoms with Gasteiger partial charge >= 0.3 is 12.1 Å². The summed E-state index contributed by atoms with van der Waals surface area (Å²) in [7, 11) is 0. The Morgan fingerprint density at radius 2 is 2.05 bits per heavy atom. The van der Waals surface area contributed by atoms with E-state index >= 15 is 0 Å². The number of hydrogen-bond donors (Lipinski definition) is 1. The van der Waals surface area contributed by atoms with E-state index in [2.05, 4.69) is 4.98 Å². The van der Waals surface area contributed by atoms with Crippen molar-refractivity contribution in [1.29, 1.82) is 0 Å². The molecule has 1 fully saturated rings. The van der Waals surface area contributed by atoms with Crippen molar-refractivity contribution in [2.75, 3.05) is 13.1 Å². The molecule has 0 aromatic carbocycles. The third-order valence-electron chi connectivity index (χ3n) is 3.71. The van der Waals surface area contributed by atoms with Crippen molar-refractivity contribution in [2.45, 2.75) is 38.9 Å². The van der Waals surface area contributed by atoms with Crippen LogP contribution in [0.3, 0.4) is 0 Å². The molecule has 1 aliphatic heterocycles. The fourth-order valence-electron chi connectivity index (χ4n) is 2.55. The minimum absolute atomic E-state index is 0.0953. The maximum Gasteiger partial charge on any atom is 0.393 e. The van der Waals surface area contributed by atoms with Gasteiger partial charge in [-0.1, -0.05) is 20.8 Å². The van der Waals surface area contributed by atoms with E-state index in [1.807, 2.05) is 26.2 Å². The minimum atomic E-state index is -4.49. The van der Waals surface area contributed by atoms with Crippen molar-refractivity contribution in [2.24, 2.45) is 11.8 Å². The third-order valence-corrected chi connectivity index (χ3v) is 5.03. The van der Waals surface area contributed by atoms with Crippen LogP contribution in [-0.4, -0.2) is 40.2 Å². The highest BCUT2D eigenvalue weighted by molar-refractivity contribution is 7.09. The summed E-state index contributed by atoms with van der Waals surface area (Å²) in [6.07, 6.45) is -4.49. The van der Waals surface area contributed by atoms with Crippen LogP contribution in [0.25, 0.3) is 0 Å². The van der Waals surface area contributed by atoms with E-state index in [-0.39, 0.29) is 25.0 Å². The van der Waals surface area contributed by atoms with Crippen LogP contribution < -0.4 is 0 Å². The van der Waals surface area contributed by atoms with Gasteiger partial charge in [0.15, 0.2) is 0 Å². The smallest absolute Gasteiger partial charge is 0.393 e. The van der Waals surface area contributed by atoms with Crippen LogP contribution in [0.2, 0.25) is 0 Å². The Hall–Kier alpha value is -1.15. The number of hydrogen-bond acceptors (Lipinski definition) is 4. The molecule has 4 nitrogen and oxygen atoms in total. The number of nitrogens with zero attached hydrogens (tertiary/aromatic N) is 2. The number of likely N-dealkylation sites (tertiary alicyclic amines) is 1. The van der Waals surface area contributed by atoms with Gasteiger partial charge in [0.05, 0.1) is 22.5 Å². The van der Waals surface area contributed by atoms with Gasteiger partial charge in [-0.2, -0.15) is 13.2 Å². The quantitative estimate of drug-likeness (QED) is 0.921. The number of rotatable bonds is 3. The zero-order valence-electron chi connectivity index (χ0n) is 12.6. The summed E-state index contributed by atoms with van der Waals surface area (Å²) in [5.74, 6) is -4.61. The molecule has 0 radical (unpaired) electrons. The summed E-state index contributed by atoms with van der Waals surface area (Å²) < 4.78 is 38.8. The first-order valence-electron chi connectivity index (χ1n) is 6.95. The number of thiazole rings is 1. The molecule has 22 heavy (non-hydrogen) atoms. The maximum atomic E-state index is 12.9. The number of halogens is 3. The Labute approximate surface area is 131 Å². The van der Waals surface area contributed by atoms with E-state index in [0.717, 1.165) is 5.01 Å². The van der Waals surface area contributed by atoms with Crippen LogP contribution in [0.1, 0.15) is 31.5 Å². The van der Waals surface area contributed by atoms with Crippen molar-refractivity contribution >= 4 is 17.3 Å². The zero-order valence-corrected chi connectivity index (χ0v) is 13.5. The summed E-state index contributed by atoms with van der Waals surface area (Å²) in [6, 6.07) is 0. The van der Waals surface area contributed by atoms with Crippen molar-refractivity contribution in [3.63, 3.8) is 0 Å².